The first-order chi connectivity index (χ1) is 23.6. The highest BCUT2D eigenvalue weighted by Crippen LogP contribution is 2.58. The number of carbonyl (C=O) groups excluding carboxylic acids is 1. The molecule has 4 saturated carbocycles. The molecule has 3 aliphatic heterocycles. The molecule has 5 heterocycles. The Hall–Kier alpha value is -3.58. The van der Waals surface area contributed by atoms with Crippen LogP contribution >= 0.6 is 0 Å². The first-order valence-electron chi connectivity index (χ1n) is 17.7. The van der Waals surface area contributed by atoms with Gasteiger partial charge in [0.25, 0.3) is 5.91 Å². The molecule has 1 amide bonds. The van der Waals surface area contributed by atoms with Gasteiger partial charge in [-0.2, -0.15) is 13.2 Å². The molecular formula is C36H42F3N5O5. The summed E-state index contributed by atoms with van der Waals surface area (Å²) in [5.74, 6) is -1.71. The molecule has 6 fully saturated rings. The van der Waals surface area contributed by atoms with Crippen molar-refractivity contribution in [2.24, 2.45) is 29.6 Å². The monoisotopic (exact) mass is 681 g/mol. The minimum atomic E-state index is -4.99. The third-order valence-electron chi connectivity index (χ3n) is 12.3. The van der Waals surface area contributed by atoms with E-state index in [9.17, 15) is 27.9 Å². The first-order valence-corrected chi connectivity index (χ1v) is 17.7. The first kappa shape index (κ1) is 32.6. The third-order valence-corrected chi connectivity index (χ3v) is 12.3. The maximum atomic E-state index is 14.7. The van der Waals surface area contributed by atoms with Crippen molar-refractivity contribution in [3.8, 4) is 0 Å². The van der Waals surface area contributed by atoms with Gasteiger partial charge in [0.05, 0.1) is 22.6 Å². The fraction of sp³-hybridized carbons (Fsp3) is 0.639. The van der Waals surface area contributed by atoms with Gasteiger partial charge >= 0.3 is 12.1 Å². The van der Waals surface area contributed by atoms with Crippen molar-refractivity contribution in [2.45, 2.75) is 81.3 Å². The standard InChI is InChI=1S/C36H42F3N5O5/c37-36(38,39)29-27(31(45)43-35(32(46)47)24-15-22-14-23(17-24)18-25(35)16-22)19-40-33(42-29)44-20-34(8-12-49-13-9-34)30-28(44)5-4-26(41-30)3-1-2-21-6-10-48-11-7-21/h1,3-5,19,21-25H,2,6-18,20H2,(H,43,45)(H,46,47)/b3-1+. The molecule has 2 N–H and O–H groups in total. The largest absolute Gasteiger partial charge is 0.479 e. The number of alkyl halides is 3. The van der Waals surface area contributed by atoms with Crippen molar-refractivity contribution in [1.29, 1.82) is 0 Å². The average Bonchev–Trinajstić information content (AvgIpc) is 3.38. The van der Waals surface area contributed by atoms with Gasteiger partial charge in [-0.3, -0.25) is 9.78 Å². The molecule has 0 aromatic carbocycles. The van der Waals surface area contributed by atoms with Crippen LogP contribution in [0.1, 0.15) is 91.6 Å². The smallest absolute Gasteiger partial charge is 0.434 e. The number of pyridine rings is 1. The number of hydrogen-bond acceptors (Lipinski definition) is 8. The van der Waals surface area contributed by atoms with Crippen LogP contribution in [0.15, 0.2) is 24.4 Å². The highest BCUT2D eigenvalue weighted by atomic mass is 19.4. The number of carboxylic acids is 1. The van der Waals surface area contributed by atoms with Crippen LogP contribution in [0.4, 0.5) is 24.8 Å². The van der Waals surface area contributed by atoms with Crippen molar-refractivity contribution >= 4 is 29.6 Å². The van der Waals surface area contributed by atoms with Crippen molar-refractivity contribution < 1.29 is 37.3 Å². The van der Waals surface area contributed by atoms with E-state index in [1.165, 1.54) is 0 Å². The average molecular weight is 682 g/mol. The fourth-order valence-corrected chi connectivity index (χ4v) is 10.0. The Balaban J connectivity index is 1.10. The Morgan fingerprint density at radius 1 is 0.980 bits per heavy atom. The molecule has 13 heteroatoms. The van der Waals surface area contributed by atoms with Gasteiger partial charge in [0.2, 0.25) is 5.95 Å². The minimum Gasteiger partial charge on any atom is -0.479 e. The Morgan fingerprint density at radius 3 is 2.31 bits per heavy atom. The van der Waals surface area contributed by atoms with Gasteiger partial charge in [-0.1, -0.05) is 6.08 Å². The number of hydrogen-bond donors (Lipinski definition) is 2. The minimum absolute atomic E-state index is 0.180. The van der Waals surface area contributed by atoms with E-state index in [0.29, 0.717) is 81.7 Å². The molecule has 4 aliphatic carbocycles. The van der Waals surface area contributed by atoms with E-state index in [0.717, 1.165) is 56.5 Å². The molecule has 49 heavy (non-hydrogen) atoms. The van der Waals surface area contributed by atoms with Crippen molar-refractivity contribution in [3.05, 3.63) is 47.1 Å². The van der Waals surface area contributed by atoms with Crippen LogP contribution in [0.3, 0.4) is 0 Å². The van der Waals surface area contributed by atoms with Crippen LogP contribution in [0.5, 0.6) is 0 Å². The summed E-state index contributed by atoms with van der Waals surface area (Å²) in [6.07, 6.45) is 8.02. The molecule has 0 unspecified atom stereocenters. The van der Waals surface area contributed by atoms with Crippen LogP contribution in [0.25, 0.3) is 6.08 Å². The number of ether oxygens (including phenoxy) is 2. The Bertz CT molecular complexity index is 1620. The van der Waals surface area contributed by atoms with Gasteiger partial charge in [0.1, 0.15) is 5.54 Å². The summed E-state index contributed by atoms with van der Waals surface area (Å²) in [7, 11) is 0. The fourth-order valence-electron chi connectivity index (χ4n) is 10.0. The second kappa shape index (κ2) is 12.3. The molecule has 9 rings (SSSR count). The van der Waals surface area contributed by atoms with Crippen LogP contribution in [0.2, 0.25) is 0 Å². The summed E-state index contributed by atoms with van der Waals surface area (Å²) in [5.41, 5.74) is -2.01. The lowest BCUT2D eigenvalue weighted by atomic mass is 9.48. The lowest BCUT2D eigenvalue weighted by Crippen LogP contribution is -2.70. The van der Waals surface area contributed by atoms with Crippen LogP contribution in [-0.4, -0.2) is 70.4 Å². The molecule has 7 aliphatic rings. The van der Waals surface area contributed by atoms with Gasteiger partial charge in [-0.15, -0.1) is 0 Å². The van der Waals surface area contributed by atoms with E-state index in [1.54, 1.807) is 4.90 Å². The van der Waals surface area contributed by atoms with Gasteiger partial charge in [0, 0.05) is 44.6 Å². The summed E-state index contributed by atoms with van der Waals surface area (Å²) >= 11 is 0. The van der Waals surface area contributed by atoms with Crippen molar-refractivity contribution in [3.63, 3.8) is 0 Å². The number of carboxylic acid groups (broad SMARTS) is 1. The molecule has 0 atom stereocenters. The maximum absolute atomic E-state index is 14.7. The molecular weight excluding hydrogens is 639 g/mol. The number of nitrogens with one attached hydrogen (secondary N) is 1. The number of amides is 1. The van der Waals surface area contributed by atoms with E-state index < -0.39 is 40.3 Å². The molecule has 2 aromatic rings. The van der Waals surface area contributed by atoms with Crippen molar-refractivity contribution in [1.82, 2.24) is 20.3 Å². The Labute approximate surface area is 282 Å². The lowest BCUT2D eigenvalue weighted by molar-refractivity contribution is -0.163. The second-order valence-corrected chi connectivity index (χ2v) is 15.1. The van der Waals surface area contributed by atoms with E-state index in [-0.39, 0.29) is 17.8 Å². The molecule has 2 aromatic heterocycles. The number of aromatic nitrogens is 3. The summed E-state index contributed by atoms with van der Waals surface area (Å²) in [4.78, 5) is 41.5. The zero-order valence-electron chi connectivity index (χ0n) is 27.4. The normalized spacial score (nSPS) is 30.6. The zero-order valence-corrected chi connectivity index (χ0v) is 27.4. The number of aliphatic carboxylic acids is 1. The summed E-state index contributed by atoms with van der Waals surface area (Å²) in [5, 5.41) is 13.1. The van der Waals surface area contributed by atoms with Gasteiger partial charge in [-0.05, 0) is 112 Å². The van der Waals surface area contributed by atoms with Crippen molar-refractivity contribution in [2.75, 3.05) is 37.9 Å². The predicted molar refractivity (Wildman–Crippen MR) is 172 cm³/mol. The summed E-state index contributed by atoms with van der Waals surface area (Å²) in [6, 6.07) is 3.72. The van der Waals surface area contributed by atoms with Crippen LogP contribution in [-0.2, 0) is 25.9 Å². The molecule has 10 nitrogen and oxygen atoms in total. The van der Waals surface area contributed by atoms with Gasteiger partial charge in [-0.25, -0.2) is 14.8 Å². The summed E-state index contributed by atoms with van der Waals surface area (Å²) < 4.78 is 55.2. The quantitative estimate of drug-likeness (QED) is 0.366. The lowest BCUT2D eigenvalue weighted by Gasteiger charge is -2.59. The predicted octanol–water partition coefficient (Wildman–Crippen LogP) is 5.93. The summed E-state index contributed by atoms with van der Waals surface area (Å²) in [6.45, 7) is 2.89. The maximum Gasteiger partial charge on any atom is 0.434 e. The van der Waals surface area contributed by atoms with Crippen LogP contribution in [0, 0.1) is 29.6 Å². The molecule has 262 valence electrons. The second-order valence-electron chi connectivity index (χ2n) is 15.1. The molecule has 2 saturated heterocycles. The van der Waals surface area contributed by atoms with E-state index in [4.69, 9.17) is 14.5 Å². The Morgan fingerprint density at radius 2 is 1.65 bits per heavy atom. The van der Waals surface area contributed by atoms with E-state index >= 15 is 0 Å². The number of carbonyl (C=O) groups is 2. The SMILES string of the molecule is O=C(NC1(C(=O)O)C2CC3CC(C2)CC1C3)c1cnc(N2CC3(CCOCC3)c3nc(/C=C/CC4CCOCC4)ccc32)nc1C(F)(F)F. The van der Waals surface area contributed by atoms with Crippen LogP contribution < -0.4 is 10.2 Å². The van der Waals surface area contributed by atoms with E-state index in [2.05, 4.69) is 21.4 Å². The number of anilines is 2. The zero-order chi connectivity index (χ0) is 34.0. The van der Waals surface area contributed by atoms with Gasteiger partial charge in [0.15, 0.2) is 5.69 Å². The topological polar surface area (TPSA) is 127 Å². The molecule has 0 radical (unpaired) electrons. The number of rotatable bonds is 7. The number of halogens is 3. The third kappa shape index (κ3) is 5.70. The number of fused-ring (bicyclic) bond motifs is 2. The molecule has 4 bridgehead atoms. The number of nitrogens with zero attached hydrogens (tertiary/aromatic N) is 4. The highest BCUT2D eigenvalue weighted by Gasteiger charge is 2.62. The highest BCUT2D eigenvalue weighted by molar-refractivity contribution is 5.99. The number of allylic oxidation sites excluding steroid dienone is 1. The van der Waals surface area contributed by atoms with E-state index in [1.807, 2.05) is 18.2 Å². The van der Waals surface area contributed by atoms with Gasteiger partial charge < -0.3 is 24.8 Å². The molecule has 1 spiro atoms. The Kier molecular flexibility index (Phi) is 8.21.